The second kappa shape index (κ2) is 7.46. The molecule has 0 aromatic rings. The molecular formula is C12H23NO2. The normalized spacial score (nSPS) is 12.5. The quantitative estimate of drug-likeness (QED) is 0.661. The van der Waals surface area contributed by atoms with Crippen LogP contribution in [0.15, 0.2) is 11.6 Å². The molecule has 0 aliphatic rings. The molecule has 0 rings (SSSR count). The fourth-order valence-corrected chi connectivity index (χ4v) is 1.70. The third kappa shape index (κ3) is 4.98. The molecule has 0 heterocycles. The van der Waals surface area contributed by atoms with Gasteiger partial charge in [0.1, 0.15) is 0 Å². The van der Waals surface area contributed by atoms with E-state index in [2.05, 4.69) is 18.7 Å². The predicted molar refractivity (Wildman–Crippen MR) is 63.0 cm³/mol. The van der Waals surface area contributed by atoms with Crippen LogP contribution in [0.3, 0.4) is 0 Å². The average molecular weight is 213 g/mol. The Morgan fingerprint density at radius 3 is 2.20 bits per heavy atom. The van der Waals surface area contributed by atoms with Crippen molar-refractivity contribution in [1.29, 1.82) is 0 Å². The maximum absolute atomic E-state index is 10.8. The topological polar surface area (TPSA) is 40.5 Å². The molecule has 0 radical (unpaired) electrons. The lowest BCUT2D eigenvalue weighted by atomic mass is 10.1. The molecule has 3 nitrogen and oxygen atoms in total. The van der Waals surface area contributed by atoms with Gasteiger partial charge in [0.25, 0.3) is 0 Å². The van der Waals surface area contributed by atoms with Crippen molar-refractivity contribution in [2.24, 2.45) is 0 Å². The summed E-state index contributed by atoms with van der Waals surface area (Å²) in [4.78, 5) is 13.0. The molecule has 0 amide bonds. The van der Waals surface area contributed by atoms with Crippen molar-refractivity contribution < 1.29 is 9.90 Å². The summed E-state index contributed by atoms with van der Waals surface area (Å²) in [7, 11) is 2.04. The van der Waals surface area contributed by atoms with Gasteiger partial charge in [0.15, 0.2) is 0 Å². The molecular weight excluding hydrogens is 190 g/mol. The average Bonchev–Trinajstić information content (AvgIpc) is 2.20. The second-order valence-electron chi connectivity index (χ2n) is 3.80. The fourth-order valence-electron chi connectivity index (χ4n) is 1.70. The van der Waals surface area contributed by atoms with E-state index < -0.39 is 5.97 Å². The summed E-state index contributed by atoms with van der Waals surface area (Å²) in [6.07, 6.45) is 4.62. The largest absolute Gasteiger partial charge is 0.478 e. The van der Waals surface area contributed by atoms with Gasteiger partial charge in [-0.1, -0.05) is 26.8 Å². The minimum Gasteiger partial charge on any atom is -0.478 e. The Kier molecular flexibility index (Phi) is 7.05. The maximum Gasteiger partial charge on any atom is 0.331 e. The second-order valence-corrected chi connectivity index (χ2v) is 3.80. The molecule has 0 aromatic heterocycles. The lowest BCUT2D eigenvalue weighted by Gasteiger charge is -2.24. The summed E-state index contributed by atoms with van der Waals surface area (Å²) < 4.78 is 0. The van der Waals surface area contributed by atoms with Crippen molar-refractivity contribution in [1.82, 2.24) is 4.90 Å². The first-order valence-electron chi connectivity index (χ1n) is 5.69. The predicted octanol–water partition coefficient (Wildman–Crippen LogP) is 2.53. The van der Waals surface area contributed by atoms with Crippen LogP contribution in [0.5, 0.6) is 0 Å². The van der Waals surface area contributed by atoms with Gasteiger partial charge in [-0.2, -0.15) is 0 Å². The molecule has 0 spiro atoms. The molecule has 0 aliphatic heterocycles. The van der Waals surface area contributed by atoms with Crippen molar-refractivity contribution in [3.63, 3.8) is 0 Å². The zero-order valence-electron chi connectivity index (χ0n) is 10.3. The first-order valence-corrected chi connectivity index (χ1v) is 5.69. The third-order valence-electron chi connectivity index (χ3n) is 2.85. The van der Waals surface area contributed by atoms with Crippen molar-refractivity contribution in [2.45, 2.75) is 46.1 Å². The van der Waals surface area contributed by atoms with E-state index in [1.54, 1.807) is 0 Å². The van der Waals surface area contributed by atoms with E-state index >= 15 is 0 Å². The lowest BCUT2D eigenvalue weighted by molar-refractivity contribution is -0.132. The molecule has 1 N–H and O–H groups in total. The van der Waals surface area contributed by atoms with E-state index in [0.29, 0.717) is 18.0 Å². The summed E-state index contributed by atoms with van der Waals surface area (Å²) >= 11 is 0. The third-order valence-corrected chi connectivity index (χ3v) is 2.85. The number of carboxylic acids is 1. The number of carboxylic acid groups (broad SMARTS) is 1. The van der Waals surface area contributed by atoms with Crippen LogP contribution >= 0.6 is 0 Å². The van der Waals surface area contributed by atoms with E-state index in [1.165, 1.54) is 0 Å². The zero-order chi connectivity index (χ0) is 11.8. The van der Waals surface area contributed by atoms with E-state index in [1.807, 2.05) is 20.0 Å². The molecule has 0 fully saturated rings. The molecule has 88 valence electrons. The molecule has 15 heavy (non-hydrogen) atoms. The Morgan fingerprint density at radius 1 is 1.33 bits per heavy atom. The monoisotopic (exact) mass is 213 g/mol. The van der Waals surface area contributed by atoms with Crippen LogP contribution < -0.4 is 0 Å². The summed E-state index contributed by atoms with van der Waals surface area (Å²) in [6.45, 7) is 6.91. The highest BCUT2D eigenvalue weighted by molar-refractivity contribution is 5.86. The number of rotatable bonds is 7. The fraction of sp³-hybridized carbons (Fsp3) is 0.750. The minimum absolute atomic E-state index is 0.507. The first kappa shape index (κ1) is 14.2. The van der Waals surface area contributed by atoms with Crippen LogP contribution in [-0.2, 0) is 4.79 Å². The van der Waals surface area contributed by atoms with E-state index in [9.17, 15) is 4.79 Å². The van der Waals surface area contributed by atoms with Gasteiger partial charge in [-0.3, -0.25) is 4.90 Å². The highest BCUT2D eigenvalue weighted by Gasteiger charge is 2.10. The summed E-state index contributed by atoms with van der Waals surface area (Å²) in [5.41, 5.74) is 0.507. The maximum atomic E-state index is 10.8. The first-order chi connectivity index (χ1) is 7.06. The Balaban J connectivity index is 4.27. The van der Waals surface area contributed by atoms with Gasteiger partial charge in [0.05, 0.1) is 0 Å². The van der Waals surface area contributed by atoms with Crippen LogP contribution in [-0.4, -0.2) is 35.6 Å². The van der Waals surface area contributed by atoms with Gasteiger partial charge >= 0.3 is 5.97 Å². The van der Waals surface area contributed by atoms with Gasteiger partial charge in [-0.05, 0) is 26.3 Å². The summed E-state index contributed by atoms with van der Waals surface area (Å²) in [6, 6.07) is 0.549. The van der Waals surface area contributed by atoms with Crippen molar-refractivity contribution in [3.05, 3.63) is 11.6 Å². The van der Waals surface area contributed by atoms with Crippen LogP contribution in [0.1, 0.15) is 40.0 Å². The molecule has 0 atom stereocenters. The number of carbonyl (C=O) groups is 1. The number of likely N-dealkylation sites (N-methyl/N-ethyl adjacent to an activating group) is 1. The molecule has 0 aromatic carbocycles. The highest BCUT2D eigenvalue weighted by Crippen LogP contribution is 2.07. The number of nitrogens with zero attached hydrogens (tertiary/aromatic N) is 1. The van der Waals surface area contributed by atoms with Gasteiger partial charge < -0.3 is 5.11 Å². The van der Waals surface area contributed by atoms with E-state index in [0.717, 1.165) is 19.4 Å². The highest BCUT2D eigenvalue weighted by atomic mass is 16.4. The van der Waals surface area contributed by atoms with Crippen molar-refractivity contribution in [2.75, 3.05) is 13.6 Å². The molecule has 0 saturated carbocycles. The smallest absolute Gasteiger partial charge is 0.331 e. The van der Waals surface area contributed by atoms with E-state index in [4.69, 9.17) is 5.11 Å². The number of hydrogen-bond donors (Lipinski definition) is 1. The SMILES string of the molecule is CCC(=CCN(C)C(CC)CC)C(=O)O. The minimum atomic E-state index is -0.796. The van der Waals surface area contributed by atoms with Crippen LogP contribution in [0.2, 0.25) is 0 Å². The number of hydrogen-bond acceptors (Lipinski definition) is 2. The van der Waals surface area contributed by atoms with Crippen molar-refractivity contribution in [3.8, 4) is 0 Å². The van der Waals surface area contributed by atoms with Crippen LogP contribution in [0.25, 0.3) is 0 Å². The van der Waals surface area contributed by atoms with Gasteiger partial charge in [0.2, 0.25) is 0 Å². The lowest BCUT2D eigenvalue weighted by Crippen LogP contribution is -2.30. The van der Waals surface area contributed by atoms with Crippen molar-refractivity contribution >= 4 is 5.97 Å². The van der Waals surface area contributed by atoms with Crippen LogP contribution in [0, 0.1) is 0 Å². The summed E-state index contributed by atoms with van der Waals surface area (Å²) in [5, 5.41) is 8.85. The molecule has 0 bridgehead atoms. The Bertz CT molecular complexity index is 220. The Labute approximate surface area is 92.8 Å². The molecule has 0 aliphatic carbocycles. The Hall–Kier alpha value is -0.830. The molecule has 3 heteroatoms. The molecule has 0 unspecified atom stereocenters. The number of aliphatic carboxylic acids is 1. The van der Waals surface area contributed by atoms with Gasteiger partial charge in [0, 0.05) is 18.2 Å². The van der Waals surface area contributed by atoms with E-state index in [-0.39, 0.29) is 0 Å². The standard InChI is InChI=1S/C12H23NO2/c1-5-10(12(14)15)8-9-13(4)11(6-2)7-3/h8,11H,5-7,9H2,1-4H3,(H,14,15). The molecule has 0 saturated heterocycles. The zero-order valence-corrected chi connectivity index (χ0v) is 10.3. The van der Waals surface area contributed by atoms with Crippen LogP contribution in [0.4, 0.5) is 0 Å². The Morgan fingerprint density at radius 2 is 1.87 bits per heavy atom. The summed E-state index contributed by atoms with van der Waals surface area (Å²) in [5.74, 6) is -0.796. The van der Waals surface area contributed by atoms with Gasteiger partial charge in [-0.25, -0.2) is 4.79 Å². The van der Waals surface area contributed by atoms with Gasteiger partial charge in [-0.15, -0.1) is 0 Å².